The molecule has 0 aromatic heterocycles. The molecule has 2 aromatic carbocycles. The molecule has 0 unspecified atom stereocenters. The van der Waals surface area contributed by atoms with Gasteiger partial charge < -0.3 is 9.47 Å². The van der Waals surface area contributed by atoms with Crippen molar-refractivity contribution in [3.63, 3.8) is 0 Å². The van der Waals surface area contributed by atoms with Crippen LogP contribution >= 0.6 is 24.0 Å². The van der Waals surface area contributed by atoms with Crippen molar-refractivity contribution in [2.24, 2.45) is 0 Å². The van der Waals surface area contributed by atoms with E-state index in [2.05, 4.69) is 0 Å². The summed E-state index contributed by atoms with van der Waals surface area (Å²) in [5, 5.41) is 0. The molecule has 0 spiro atoms. The number of carbonyl (C=O) groups excluding carboxylic acids is 1. The Hall–Kier alpha value is -2.38. The summed E-state index contributed by atoms with van der Waals surface area (Å²) in [5.74, 6) is 0.660. The summed E-state index contributed by atoms with van der Waals surface area (Å²) in [6, 6.07) is 11.9. The molecule has 4 nitrogen and oxygen atoms in total. The Morgan fingerprint density at radius 3 is 2.61 bits per heavy atom. The minimum Gasteiger partial charge on any atom is -0.490 e. The zero-order valence-electron chi connectivity index (χ0n) is 15.6. The van der Waals surface area contributed by atoms with Crippen LogP contribution in [0.1, 0.15) is 25.0 Å². The quantitative estimate of drug-likeness (QED) is 0.467. The third-order valence-electron chi connectivity index (χ3n) is 4.10. The molecule has 1 aliphatic rings. The number of amides is 1. The number of hydrogen-bond donors (Lipinski definition) is 0. The molecule has 7 heteroatoms. The van der Waals surface area contributed by atoms with Crippen molar-refractivity contribution < 1.29 is 18.7 Å². The number of thioether (sulfide) groups is 1. The molecule has 2 aromatic rings. The fourth-order valence-corrected chi connectivity index (χ4v) is 4.08. The zero-order valence-corrected chi connectivity index (χ0v) is 17.2. The van der Waals surface area contributed by atoms with Crippen molar-refractivity contribution in [1.29, 1.82) is 0 Å². The van der Waals surface area contributed by atoms with E-state index >= 15 is 0 Å². The van der Waals surface area contributed by atoms with E-state index in [1.54, 1.807) is 41.3 Å². The molecule has 0 atom stereocenters. The van der Waals surface area contributed by atoms with Crippen LogP contribution in [0.5, 0.6) is 11.5 Å². The number of rotatable bonds is 7. The van der Waals surface area contributed by atoms with Crippen molar-refractivity contribution in [3.8, 4) is 11.5 Å². The van der Waals surface area contributed by atoms with Crippen molar-refractivity contribution in [2.75, 3.05) is 13.2 Å². The minimum atomic E-state index is -0.310. The first-order chi connectivity index (χ1) is 13.5. The van der Waals surface area contributed by atoms with E-state index in [4.69, 9.17) is 21.7 Å². The number of nitrogens with zero attached hydrogens (tertiary/aromatic N) is 1. The fraction of sp³-hybridized carbons (Fsp3) is 0.238. The van der Waals surface area contributed by atoms with Crippen LogP contribution in [-0.2, 0) is 11.4 Å². The normalized spacial score (nSPS) is 15.4. The van der Waals surface area contributed by atoms with Gasteiger partial charge in [0.1, 0.15) is 16.7 Å². The van der Waals surface area contributed by atoms with E-state index in [1.807, 2.05) is 19.9 Å². The second kappa shape index (κ2) is 9.21. The van der Waals surface area contributed by atoms with Gasteiger partial charge in [0.15, 0.2) is 11.5 Å². The number of benzene rings is 2. The molecular formula is C21H20FNO3S2. The molecule has 28 heavy (non-hydrogen) atoms. The highest BCUT2D eigenvalue weighted by Gasteiger charge is 2.30. The molecule has 0 radical (unpaired) electrons. The van der Waals surface area contributed by atoms with Gasteiger partial charge in [-0.25, -0.2) is 4.39 Å². The molecule has 1 heterocycles. The largest absolute Gasteiger partial charge is 0.490 e. The Bertz CT molecular complexity index is 930. The molecule has 0 N–H and O–H groups in total. The van der Waals surface area contributed by atoms with Crippen molar-refractivity contribution >= 4 is 40.3 Å². The van der Waals surface area contributed by atoms with Crippen LogP contribution in [0, 0.1) is 5.82 Å². The molecule has 0 bridgehead atoms. The van der Waals surface area contributed by atoms with E-state index in [0.29, 0.717) is 39.4 Å². The van der Waals surface area contributed by atoms with E-state index in [1.165, 1.54) is 17.8 Å². The number of hydrogen-bond acceptors (Lipinski definition) is 5. The van der Waals surface area contributed by atoms with Gasteiger partial charge in [-0.15, -0.1) is 0 Å². The number of halogens is 1. The van der Waals surface area contributed by atoms with Crippen LogP contribution in [-0.4, -0.2) is 28.3 Å². The molecule has 1 amide bonds. The standard InChI is InChI=1S/C21H20FNO3S2/c1-3-23-20(24)19(28-21(23)27)12-14-9-10-17(18(11-14)25-4-2)26-13-15-7-5-6-8-16(15)22/h5-12H,3-4,13H2,1-2H3/b19-12+. The summed E-state index contributed by atoms with van der Waals surface area (Å²) in [6.07, 6.45) is 1.79. The van der Waals surface area contributed by atoms with Crippen molar-refractivity contribution in [1.82, 2.24) is 4.90 Å². The average Bonchev–Trinajstić information content (AvgIpc) is 2.95. The monoisotopic (exact) mass is 417 g/mol. The number of thiocarbonyl (C=S) groups is 1. The maximum Gasteiger partial charge on any atom is 0.266 e. The predicted molar refractivity (Wildman–Crippen MR) is 114 cm³/mol. The lowest BCUT2D eigenvalue weighted by atomic mass is 10.1. The van der Waals surface area contributed by atoms with Crippen LogP contribution in [0.15, 0.2) is 47.4 Å². The summed E-state index contributed by atoms with van der Waals surface area (Å²) in [7, 11) is 0. The number of likely N-dealkylation sites (N-methyl/N-ethyl adjacent to an activating group) is 1. The van der Waals surface area contributed by atoms with Gasteiger partial charge in [-0.2, -0.15) is 0 Å². The van der Waals surface area contributed by atoms with Gasteiger partial charge in [-0.3, -0.25) is 9.69 Å². The predicted octanol–water partition coefficient (Wildman–Crippen LogP) is 5.02. The Balaban J connectivity index is 1.81. The first-order valence-corrected chi connectivity index (χ1v) is 10.1. The zero-order chi connectivity index (χ0) is 20.1. The van der Waals surface area contributed by atoms with Gasteiger partial charge in [-0.1, -0.05) is 48.2 Å². The van der Waals surface area contributed by atoms with E-state index in [9.17, 15) is 9.18 Å². The number of carbonyl (C=O) groups is 1. The van der Waals surface area contributed by atoms with E-state index in [0.717, 1.165) is 5.56 Å². The molecule has 1 fully saturated rings. The molecule has 146 valence electrons. The highest BCUT2D eigenvalue weighted by atomic mass is 32.2. The summed E-state index contributed by atoms with van der Waals surface area (Å²) in [6.45, 7) is 4.87. The summed E-state index contributed by atoms with van der Waals surface area (Å²) >= 11 is 6.53. The van der Waals surface area contributed by atoms with Gasteiger partial charge in [0, 0.05) is 12.1 Å². The summed E-state index contributed by atoms with van der Waals surface area (Å²) < 4.78 is 25.8. The molecule has 1 aliphatic heterocycles. The molecule has 3 rings (SSSR count). The summed E-state index contributed by atoms with van der Waals surface area (Å²) in [5.41, 5.74) is 1.27. The van der Waals surface area contributed by atoms with Crippen LogP contribution in [0.2, 0.25) is 0 Å². The first-order valence-electron chi connectivity index (χ1n) is 8.92. The van der Waals surface area contributed by atoms with E-state index < -0.39 is 0 Å². The van der Waals surface area contributed by atoms with Crippen LogP contribution in [0.4, 0.5) is 4.39 Å². The SMILES string of the molecule is CCOc1cc(/C=C2/SC(=S)N(CC)C2=O)ccc1OCc1ccccc1F. The molecule has 0 saturated carbocycles. The first kappa shape index (κ1) is 20.4. The van der Waals surface area contributed by atoms with Crippen LogP contribution in [0.25, 0.3) is 6.08 Å². The number of ether oxygens (including phenoxy) is 2. The average molecular weight is 418 g/mol. The Morgan fingerprint density at radius 2 is 1.93 bits per heavy atom. The topological polar surface area (TPSA) is 38.8 Å². The smallest absolute Gasteiger partial charge is 0.266 e. The molecule has 1 saturated heterocycles. The Morgan fingerprint density at radius 1 is 1.14 bits per heavy atom. The maximum atomic E-state index is 13.8. The Labute approximate surface area is 173 Å². The third kappa shape index (κ3) is 4.54. The molecular weight excluding hydrogens is 397 g/mol. The van der Waals surface area contributed by atoms with Gasteiger partial charge in [-0.05, 0) is 43.7 Å². The Kier molecular flexibility index (Phi) is 6.70. The van der Waals surface area contributed by atoms with Gasteiger partial charge in [0.2, 0.25) is 0 Å². The lowest BCUT2D eigenvalue weighted by Gasteiger charge is -2.13. The van der Waals surface area contributed by atoms with Crippen molar-refractivity contribution in [3.05, 3.63) is 64.3 Å². The molecule has 0 aliphatic carbocycles. The van der Waals surface area contributed by atoms with Gasteiger partial charge in [0.05, 0.1) is 11.5 Å². The second-order valence-corrected chi connectivity index (χ2v) is 7.62. The lowest BCUT2D eigenvalue weighted by Crippen LogP contribution is -2.27. The third-order valence-corrected chi connectivity index (χ3v) is 5.47. The van der Waals surface area contributed by atoms with Gasteiger partial charge >= 0.3 is 0 Å². The highest BCUT2D eigenvalue weighted by Crippen LogP contribution is 2.35. The van der Waals surface area contributed by atoms with Crippen LogP contribution < -0.4 is 9.47 Å². The van der Waals surface area contributed by atoms with E-state index in [-0.39, 0.29) is 18.3 Å². The van der Waals surface area contributed by atoms with Gasteiger partial charge in [0.25, 0.3) is 5.91 Å². The minimum absolute atomic E-state index is 0.0876. The fourth-order valence-electron chi connectivity index (χ4n) is 2.70. The lowest BCUT2D eigenvalue weighted by molar-refractivity contribution is -0.121. The maximum absolute atomic E-state index is 13.8. The second-order valence-electron chi connectivity index (χ2n) is 5.95. The summed E-state index contributed by atoms with van der Waals surface area (Å²) in [4.78, 5) is 14.5. The highest BCUT2D eigenvalue weighted by molar-refractivity contribution is 8.26. The van der Waals surface area contributed by atoms with Crippen LogP contribution in [0.3, 0.4) is 0 Å². The van der Waals surface area contributed by atoms with Crippen molar-refractivity contribution in [2.45, 2.75) is 20.5 Å².